The van der Waals surface area contributed by atoms with Gasteiger partial charge < -0.3 is 70.0 Å². The maximum absolute atomic E-state index is 15.1. The summed E-state index contributed by atoms with van der Waals surface area (Å²) in [6.07, 6.45) is 5.65. The SMILES string of the molecule is COCOc1ccccc1-c1cc2c(nn1)N(C(=O)OCc1ccc(NC(=O)[C@H](CCCNC(N)=O)NC(=O)[C@@H](NC(=O)CCCCCN3C(=O)C=CC3=O)C(C)C)cc1)[C@@H](C)[C@@H]1CN(C3CCN(CCOc4cc([C@H](C(=O)N5C[C@H](O[Si](C)(C)C(C)(C)C)C[C@H]5C(=O)N[C@@H](C)c5ccc(-c6scnc6C)cc5)C(C)C)on4)CC3)CCN21. The summed E-state index contributed by atoms with van der Waals surface area (Å²) in [6, 6.07) is 21.8. The van der Waals surface area contributed by atoms with Crippen molar-refractivity contribution in [2.75, 3.05) is 94.5 Å². The highest BCUT2D eigenvalue weighted by molar-refractivity contribution is 7.13. The Morgan fingerprint density at radius 2 is 1.53 bits per heavy atom. The van der Waals surface area contributed by atoms with Crippen LogP contribution in [0, 0.1) is 18.8 Å². The van der Waals surface area contributed by atoms with E-state index in [0.29, 0.717) is 91.8 Å². The van der Waals surface area contributed by atoms with Crippen molar-refractivity contribution in [3.63, 3.8) is 0 Å². The van der Waals surface area contributed by atoms with Crippen LogP contribution in [0.15, 0.2) is 107 Å². The van der Waals surface area contributed by atoms with Gasteiger partial charge in [-0.1, -0.05) is 103 Å². The topological polar surface area (TPSA) is 370 Å². The fourth-order valence-electron chi connectivity index (χ4n) is 15.7. The molecular formula is C85H116N16O15SSi. The monoisotopic (exact) mass is 1660 g/mol. The number of urea groups is 1. The van der Waals surface area contributed by atoms with E-state index >= 15 is 4.79 Å². The number of piperidine rings is 1. The van der Waals surface area contributed by atoms with Gasteiger partial charge in [0.15, 0.2) is 26.7 Å². The molecule has 3 aromatic heterocycles. The number of rotatable bonds is 36. The van der Waals surface area contributed by atoms with Crippen LogP contribution in [-0.4, -0.2) is 223 Å². The van der Waals surface area contributed by atoms with Gasteiger partial charge in [0.1, 0.15) is 43.0 Å². The Bertz CT molecular complexity index is 4510. The third-order valence-electron chi connectivity index (χ3n) is 23.4. The summed E-state index contributed by atoms with van der Waals surface area (Å²) in [5, 5.41) is 27.9. The van der Waals surface area contributed by atoms with E-state index in [0.717, 1.165) is 64.8 Å². The molecule has 6 aromatic rings. The van der Waals surface area contributed by atoms with E-state index in [2.05, 4.69) is 103 Å². The van der Waals surface area contributed by atoms with Crippen molar-refractivity contribution in [3.05, 3.63) is 125 Å². The van der Waals surface area contributed by atoms with Gasteiger partial charge in [-0.15, -0.1) is 21.5 Å². The highest BCUT2D eigenvalue weighted by atomic mass is 32.1. The number of amides is 10. The van der Waals surface area contributed by atoms with E-state index in [9.17, 15) is 38.4 Å². The molecule has 5 aliphatic rings. The van der Waals surface area contributed by atoms with Gasteiger partial charge in [0, 0.05) is 101 Å². The Morgan fingerprint density at radius 3 is 2.20 bits per heavy atom. The molecule has 0 aliphatic carbocycles. The Balaban J connectivity index is 0.698. The number of methoxy groups -OCH3 is 1. The van der Waals surface area contributed by atoms with Crippen LogP contribution in [0.1, 0.15) is 155 Å². The lowest BCUT2D eigenvalue weighted by atomic mass is 9.91. The first kappa shape index (κ1) is 88.6. The molecule has 8 atom stereocenters. The summed E-state index contributed by atoms with van der Waals surface area (Å²) in [6.45, 7) is 29.5. The van der Waals surface area contributed by atoms with Gasteiger partial charge in [0.05, 0.1) is 51.7 Å². The number of likely N-dealkylation sites (tertiary alicyclic amines) is 2. The predicted molar refractivity (Wildman–Crippen MR) is 450 cm³/mol. The summed E-state index contributed by atoms with van der Waals surface area (Å²) < 4.78 is 36.6. The zero-order valence-corrected chi connectivity index (χ0v) is 71.9. The van der Waals surface area contributed by atoms with Gasteiger partial charge in [-0.05, 0) is 155 Å². The fourth-order valence-corrected chi connectivity index (χ4v) is 17.9. The van der Waals surface area contributed by atoms with Crippen molar-refractivity contribution >= 4 is 90.3 Å². The number of benzene rings is 3. The molecule has 10 amide bonds. The number of aryl methyl sites for hydroxylation is 1. The standard InChI is InChI=1S/C85H116N16O15SSi/c1-52(2)75(82(108)100-47-62(116-118(12,13)85(8,9)10)44-67(100)80(106)89-54(5)58-26-28-59(29-27-58)77-55(6)88-50-117-77)70-46-72(95-115-70)112-43-42-96-38-34-61(35-39-96)97-40-41-98-66-45-65(63-20-16-17-22-69(63)114-51-111-11)93-94-78(66)101(56(7)68(98)48-97)84(110)113-49-57-24-30-60(31-25-57)90-79(105)64(21-19-36-87-83(86)109)91-81(107)76(53(3)4)92-71(102)23-15-14-18-37-99-73(103)32-33-74(99)104/h16-17,20,22,24-33,45-46,50,52-54,56,61-62,64,67-68,75-76H,14-15,18-19,21,23,34-44,47-49,51H2,1-13H3,(H,89,106)(H,90,105)(H,91,107)(H,92,102)(H3,86,87,109)/t54-,56-,62+,64-,67-,68-,75+,76-/m0/s1. The van der Waals surface area contributed by atoms with Gasteiger partial charge in [-0.2, -0.15) is 0 Å². The quantitative estimate of drug-likeness (QED) is 0.00921. The number of imide groups is 1. The summed E-state index contributed by atoms with van der Waals surface area (Å²) in [7, 11) is -0.757. The van der Waals surface area contributed by atoms with Crippen LogP contribution in [0.4, 0.5) is 26.8 Å². The van der Waals surface area contributed by atoms with Crippen LogP contribution >= 0.6 is 11.3 Å². The maximum Gasteiger partial charge on any atom is 0.416 e. The second-order valence-electron chi connectivity index (χ2n) is 33.4. The molecule has 11 rings (SSSR count). The van der Waals surface area contributed by atoms with Crippen LogP contribution in [0.25, 0.3) is 21.7 Å². The average Bonchev–Trinajstić information content (AvgIpc) is 1.00. The Hall–Kier alpha value is -10.2. The van der Waals surface area contributed by atoms with Crippen LogP contribution in [0.3, 0.4) is 0 Å². The summed E-state index contributed by atoms with van der Waals surface area (Å²) in [5.74, 6) is -2.50. The Labute approximate surface area is 695 Å². The number of thiazole rings is 1. The molecular weight excluding hydrogens is 1550 g/mol. The molecule has 0 unspecified atom stereocenters. The van der Waals surface area contributed by atoms with Gasteiger partial charge in [0.25, 0.3) is 17.7 Å². The number of anilines is 3. The summed E-state index contributed by atoms with van der Waals surface area (Å²) in [5.41, 5.74) is 13.1. The van der Waals surface area contributed by atoms with Crippen LogP contribution in [0.2, 0.25) is 18.1 Å². The van der Waals surface area contributed by atoms with E-state index in [1.165, 1.54) is 12.2 Å². The van der Waals surface area contributed by atoms with Crippen molar-refractivity contribution in [2.45, 2.75) is 206 Å². The van der Waals surface area contributed by atoms with Crippen molar-refractivity contribution in [3.8, 4) is 33.3 Å². The van der Waals surface area contributed by atoms with Crippen molar-refractivity contribution < 1.29 is 71.0 Å². The normalized spacial score (nSPS) is 19.0. The molecule has 636 valence electrons. The first-order valence-corrected chi connectivity index (χ1v) is 44.9. The highest BCUT2D eigenvalue weighted by Crippen LogP contribution is 2.44. The minimum absolute atomic E-state index is 0.0177. The van der Waals surface area contributed by atoms with E-state index < -0.39 is 62.3 Å². The van der Waals surface area contributed by atoms with Crippen molar-refractivity contribution in [1.82, 2.24) is 61.2 Å². The minimum Gasteiger partial charge on any atom is -0.474 e. The third kappa shape index (κ3) is 22.2. The molecule has 0 bridgehead atoms. The molecule has 3 saturated heterocycles. The van der Waals surface area contributed by atoms with Crippen LogP contribution < -0.4 is 51.6 Å². The largest absolute Gasteiger partial charge is 0.474 e. The molecule has 33 heteroatoms. The lowest BCUT2D eigenvalue weighted by Crippen LogP contribution is -2.66. The highest BCUT2D eigenvalue weighted by Gasteiger charge is 2.49. The number of carbonyl (C=O) groups excluding carboxylic acids is 9. The van der Waals surface area contributed by atoms with Crippen molar-refractivity contribution in [2.24, 2.45) is 17.6 Å². The van der Waals surface area contributed by atoms with Crippen LogP contribution in [-0.2, 0) is 54.1 Å². The Morgan fingerprint density at radius 1 is 0.797 bits per heavy atom. The first-order valence-electron chi connectivity index (χ1n) is 41.1. The number of ether oxygens (including phenoxy) is 4. The number of carbonyl (C=O) groups is 9. The molecule has 31 nitrogen and oxygen atoms in total. The average molecular weight is 1660 g/mol. The zero-order chi connectivity index (χ0) is 84.7. The molecule has 3 aromatic carbocycles. The second-order valence-corrected chi connectivity index (χ2v) is 39.0. The smallest absolute Gasteiger partial charge is 0.416 e. The third-order valence-corrected chi connectivity index (χ3v) is 28.9. The Kier molecular flexibility index (Phi) is 30.1. The number of nitrogens with two attached hydrogens (primary N) is 1. The van der Waals surface area contributed by atoms with E-state index in [4.69, 9.17) is 38.7 Å². The van der Waals surface area contributed by atoms with Gasteiger partial charge in [0.2, 0.25) is 29.5 Å². The lowest BCUT2D eigenvalue weighted by Gasteiger charge is -2.53. The molecule has 118 heavy (non-hydrogen) atoms. The first-order chi connectivity index (χ1) is 56.4. The number of hydrogen-bond acceptors (Lipinski definition) is 23. The predicted octanol–water partition coefficient (Wildman–Crippen LogP) is 10.2. The minimum atomic E-state index is -2.31. The lowest BCUT2D eigenvalue weighted by molar-refractivity contribution is -0.141. The second kappa shape index (κ2) is 40.0. The van der Waals surface area contributed by atoms with Gasteiger partial charge >= 0.3 is 12.1 Å². The molecule has 3 fully saturated rings. The summed E-state index contributed by atoms with van der Waals surface area (Å²) in [4.78, 5) is 138. The number of aromatic nitrogens is 4. The molecule has 0 spiro atoms. The van der Waals surface area contributed by atoms with Crippen molar-refractivity contribution in [1.29, 1.82) is 0 Å². The zero-order valence-electron chi connectivity index (χ0n) is 70.1. The number of piperazine rings is 1. The van der Waals surface area contributed by atoms with Gasteiger partial charge in [-0.25, -0.2) is 14.6 Å². The number of nitrogens with one attached hydrogen (secondary N) is 5. The molecule has 0 saturated carbocycles. The van der Waals surface area contributed by atoms with Crippen LogP contribution in [0.5, 0.6) is 11.6 Å². The maximum atomic E-state index is 15.1. The van der Waals surface area contributed by atoms with E-state index in [1.807, 2.05) is 82.6 Å². The summed E-state index contributed by atoms with van der Waals surface area (Å²) >= 11 is 1.59. The number of hydrogen-bond donors (Lipinski definition) is 6. The van der Waals surface area contributed by atoms with E-state index in [-0.39, 0.29) is 129 Å². The molecule has 7 N–H and O–H groups in total. The number of primary amides is 1. The molecule has 8 heterocycles. The molecule has 5 aliphatic heterocycles. The van der Waals surface area contributed by atoms with E-state index in [1.54, 1.807) is 72.4 Å². The number of fused-ring (bicyclic) bond motifs is 3. The fraction of sp³-hybridized carbons (Fsp3) is 0.541. The number of unbranched alkanes of at least 4 members (excludes halogenated alkanes) is 2. The van der Waals surface area contributed by atoms with Gasteiger partial charge in [-0.3, -0.25) is 53.2 Å². The number of para-hydroxylation sites is 1. The number of nitrogens with zero attached hydrogens (tertiary/aromatic N) is 10. The molecule has 0 radical (unpaired) electrons.